The number of hydrogen-bond donors (Lipinski definition) is 1. The number of nitrogens with zero attached hydrogens (tertiary/aromatic N) is 4. The molecule has 146 valence electrons. The van der Waals surface area contributed by atoms with Crippen LogP contribution in [-0.4, -0.2) is 32.7 Å². The van der Waals surface area contributed by atoms with Crippen LogP contribution < -0.4 is 14.6 Å². The smallest absolute Gasteiger partial charge is 0.378 e. The number of primary sulfonamides is 1. The second-order valence-electron chi connectivity index (χ2n) is 6.62. The summed E-state index contributed by atoms with van der Waals surface area (Å²) >= 11 is 0.947. The summed E-state index contributed by atoms with van der Waals surface area (Å²) in [4.78, 5) is 2.06. The van der Waals surface area contributed by atoms with Gasteiger partial charge in [-0.3, -0.25) is 0 Å². The number of anilines is 1. The summed E-state index contributed by atoms with van der Waals surface area (Å²) in [5, 5.41) is 13.2. The Labute approximate surface area is 168 Å². The van der Waals surface area contributed by atoms with Gasteiger partial charge in [0, 0.05) is 19.8 Å². The van der Waals surface area contributed by atoms with E-state index in [0.29, 0.717) is 5.13 Å². The molecule has 2 N–H and O–H groups in total. The van der Waals surface area contributed by atoms with Crippen molar-refractivity contribution in [3.63, 3.8) is 0 Å². The van der Waals surface area contributed by atoms with E-state index in [1.807, 2.05) is 50.7 Å². The van der Waals surface area contributed by atoms with Crippen molar-refractivity contribution in [1.82, 2.24) is 10.2 Å². The molecule has 0 unspecified atom stereocenters. The Morgan fingerprint density at radius 3 is 2.07 bits per heavy atom. The van der Waals surface area contributed by atoms with Crippen LogP contribution in [0.3, 0.4) is 0 Å². The zero-order valence-corrected chi connectivity index (χ0v) is 17.8. The van der Waals surface area contributed by atoms with Crippen LogP contribution in [0.2, 0.25) is 0 Å². The number of aromatic nitrogens is 3. The number of pyridine rings is 1. The fourth-order valence-electron chi connectivity index (χ4n) is 2.81. The zero-order valence-electron chi connectivity index (χ0n) is 16.1. The molecule has 0 radical (unpaired) electrons. The highest BCUT2D eigenvalue weighted by molar-refractivity contribution is 7.91. The van der Waals surface area contributed by atoms with Crippen LogP contribution in [0.25, 0.3) is 17.3 Å². The Kier molecular flexibility index (Phi) is 5.59. The molecule has 1 aromatic carbocycles. The number of hydrogen-bond acceptors (Lipinski definition) is 6. The van der Waals surface area contributed by atoms with Crippen molar-refractivity contribution in [2.24, 2.45) is 5.14 Å². The Balaban J connectivity index is 1.88. The van der Waals surface area contributed by atoms with Crippen LogP contribution in [-0.2, 0) is 10.0 Å². The predicted octanol–water partition coefficient (Wildman–Crippen LogP) is 2.32. The molecular weight excluding hydrogens is 394 g/mol. The van der Waals surface area contributed by atoms with Gasteiger partial charge in [0.25, 0.3) is 14.4 Å². The van der Waals surface area contributed by atoms with Crippen LogP contribution in [0.4, 0.5) is 5.69 Å². The van der Waals surface area contributed by atoms with Crippen molar-refractivity contribution in [3.05, 3.63) is 58.9 Å². The van der Waals surface area contributed by atoms with E-state index in [1.54, 1.807) is 0 Å². The second kappa shape index (κ2) is 7.78. The Hall–Kier alpha value is -2.62. The fraction of sp³-hybridized carbons (Fsp3) is 0.211. The number of nitrogens with two attached hydrogens (primary N) is 1. The van der Waals surface area contributed by atoms with Gasteiger partial charge in [-0.15, -0.1) is 0 Å². The van der Waals surface area contributed by atoms with Gasteiger partial charge >= 0.3 is 5.13 Å². The van der Waals surface area contributed by atoms with E-state index in [4.69, 9.17) is 5.14 Å². The average molecular weight is 417 g/mol. The topological polar surface area (TPSA) is 93.1 Å². The van der Waals surface area contributed by atoms with E-state index in [1.165, 1.54) is 0 Å². The van der Waals surface area contributed by atoms with Gasteiger partial charge in [0.1, 0.15) is 11.4 Å². The van der Waals surface area contributed by atoms with Crippen LogP contribution >= 0.6 is 11.3 Å². The molecule has 0 aliphatic rings. The van der Waals surface area contributed by atoms with Crippen LogP contribution in [0.1, 0.15) is 22.5 Å². The monoisotopic (exact) mass is 416 g/mol. The van der Waals surface area contributed by atoms with E-state index in [0.717, 1.165) is 39.5 Å². The summed E-state index contributed by atoms with van der Waals surface area (Å²) in [5.41, 5.74) is 5.14. The van der Waals surface area contributed by atoms with E-state index < -0.39 is 10.0 Å². The molecule has 0 atom stereocenters. The predicted molar refractivity (Wildman–Crippen MR) is 112 cm³/mol. The molecule has 0 amide bonds. The molecule has 0 fully saturated rings. The normalized spacial score (nSPS) is 11.9. The van der Waals surface area contributed by atoms with E-state index in [9.17, 15) is 8.42 Å². The van der Waals surface area contributed by atoms with Gasteiger partial charge in [-0.05, 0) is 65.7 Å². The SMILES string of the molecule is Cc1cc(/C=C/c2ccc(N(C)C)cc2)cc(C)[n+]1-c1nnc(S(N)(=O)=O)s1. The number of sulfonamides is 1. The van der Waals surface area contributed by atoms with Crippen molar-refractivity contribution in [2.45, 2.75) is 18.2 Å². The standard InChI is InChI=1S/C19H22N5O2S2/c1-13-11-16(6-5-15-7-9-17(10-8-15)23(3)4)12-14(2)24(13)18-21-22-19(27-18)28(20,25)26/h5-12H,1-4H3,(H2,20,25,26)/q+1. The van der Waals surface area contributed by atoms with Crippen molar-refractivity contribution in [2.75, 3.05) is 19.0 Å². The maximum absolute atomic E-state index is 11.4. The molecule has 0 aliphatic heterocycles. The number of aryl methyl sites for hydroxylation is 2. The highest BCUT2D eigenvalue weighted by atomic mass is 32.2. The average Bonchev–Trinajstić information content (AvgIpc) is 3.10. The first kappa shape index (κ1) is 20.1. The third kappa shape index (κ3) is 4.44. The maximum Gasteiger partial charge on any atom is 0.416 e. The van der Waals surface area contributed by atoms with Crippen molar-refractivity contribution < 1.29 is 13.0 Å². The molecule has 0 saturated carbocycles. The Bertz CT molecular complexity index is 1110. The quantitative estimate of drug-likeness (QED) is 0.644. The van der Waals surface area contributed by atoms with E-state index in [-0.39, 0.29) is 4.34 Å². The van der Waals surface area contributed by atoms with Crippen LogP contribution in [0.5, 0.6) is 0 Å². The van der Waals surface area contributed by atoms with E-state index >= 15 is 0 Å². The van der Waals surface area contributed by atoms with Crippen LogP contribution in [0, 0.1) is 13.8 Å². The summed E-state index contributed by atoms with van der Waals surface area (Å²) in [7, 11) is 0.172. The van der Waals surface area contributed by atoms with Gasteiger partial charge in [-0.25, -0.2) is 13.6 Å². The molecule has 7 nitrogen and oxygen atoms in total. The molecule has 3 rings (SSSR count). The van der Waals surface area contributed by atoms with Gasteiger partial charge in [-0.1, -0.05) is 24.3 Å². The van der Waals surface area contributed by atoms with Gasteiger partial charge in [-0.2, -0.15) is 4.57 Å². The van der Waals surface area contributed by atoms with Gasteiger partial charge in [0.2, 0.25) is 0 Å². The summed E-state index contributed by atoms with van der Waals surface area (Å²) in [6.45, 7) is 3.88. The lowest BCUT2D eigenvalue weighted by atomic mass is 10.1. The molecular formula is C19H22N5O2S2+. The minimum atomic E-state index is -3.85. The molecule has 28 heavy (non-hydrogen) atoms. The first-order chi connectivity index (χ1) is 13.1. The molecule has 9 heteroatoms. The molecule has 2 heterocycles. The first-order valence-electron chi connectivity index (χ1n) is 8.50. The first-order valence-corrected chi connectivity index (χ1v) is 10.9. The minimum absolute atomic E-state index is 0.195. The third-order valence-electron chi connectivity index (χ3n) is 4.16. The summed E-state index contributed by atoms with van der Waals surface area (Å²) in [5.74, 6) is 0. The molecule has 0 bridgehead atoms. The van der Waals surface area contributed by atoms with Gasteiger partial charge in [0.15, 0.2) is 0 Å². The summed E-state index contributed by atoms with van der Waals surface area (Å²) < 4.78 is 24.5. The summed E-state index contributed by atoms with van der Waals surface area (Å²) in [6, 6.07) is 12.3. The molecule has 2 aromatic heterocycles. The lowest BCUT2D eigenvalue weighted by molar-refractivity contribution is -0.609. The summed E-state index contributed by atoms with van der Waals surface area (Å²) in [6.07, 6.45) is 4.10. The molecule has 0 spiro atoms. The Morgan fingerprint density at radius 1 is 1.00 bits per heavy atom. The number of rotatable bonds is 5. The lowest BCUT2D eigenvalue weighted by Crippen LogP contribution is -2.37. The molecule has 0 aliphatic carbocycles. The zero-order chi connectivity index (χ0) is 20.5. The van der Waals surface area contributed by atoms with Gasteiger partial charge < -0.3 is 4.90 Å². The Morgan fingerprint density at radius 2 is 1.57 bits per heavy atom. The highest BCUT2D eigenvalue weighted by Crippen LogP contribution is 2.18. The molecule has 3 aromatic rings. The van der Waals surface area contributed by atoms with Crippen molar-refractivity contribution in [1.29, 1.82) is 0 Å². The maximum atomic E-state index is 11.4. The van der Waals surface area contributed by atoms with Crippen LogP contribution in [0.15, 0.2) is 40.7 Å². The largest absolute Gasteiger partial charge is 0.416 e. The van der Waals surface area contributed by atoms with Crippen molar-refractivity contribution >= 4 is 39.2 Å². The third-order valence-corrected chi connectivity index (χ3v) is 6.38. The highest BCUT2D eigenvalue weighted by Gasteiger charge is 2.25. The lowest BCUT2D eigenvalue weighted by Gasteiger charge is -2.11. The van der Waals surface area contributed by atoms with Gasteiger partial charge in [0.05, 0.1) is 5.10 Å². The minimum Gasteiger partial charge on any atom is -0.378 e. The number of benzene rings is 1. The fourth-order valence-corrected chi connectivity index (χ4v) is 4.35. The second-order valence-corrected chi connectivity index (χ2v) is 9.31. The van der Waals surface area contributed by atoms with E-state index in [2.05, 4.69) is 45.4 Å². The van der Waals surface area contributed by atoms with Crippen molar-refractivity contribution in [3.8, 4) is 5.13 Å². The molecule has 0 saturated heterocycles.